The van der Waals surface area contributed by atoms with E-state index >= 15 is 0 Å². The Bertz CT molecular complexity index is 513. The maximum absolute atomic E-state index is 13.7. The van der Waals surface area contributed by atoms with E-state index in [-0.39, 0.29) is 17.4 Å². The molecular formula is C17H23FO4. The molecule has 0 bridgehead atoms. The quantitative estimate of drug-likeness (QED) is 0.409. The number of esters is 2. The summed E-state index contributed by atoms with van der Waals surface area (Å²) in [7, 11) is 0. The summed E-state index contributed by atoms with van der Waals surface area (Å²) in [5, 5.41) is 0. The standard InChI is InChI=1S/C17H23FO4/c1-4-5-6-7-8-12(2)21-17(20)14-9-10-16(15(18)11-14)22-13(3)19/h9-12H,4-8H2,1-3H3. The zero-order valence-corrected chi connectivity index (χ0v) is 13.4. The summed E-state index contributed by atoms with van der Waals surface area (Å²) in [5.41, 5.74) is 0.105. The third kappa shape index (κ3) is 6.24. The number of benzene rings is 1. The van der Waals surface area contributed by atoms with Gasteiger partial charge in [-0.3, -0.25) is 4.79 Å². The van der Waals surface area contributed by atoms with Crippen LogP contribution in [0.15, 0.2) is 18.2 Å². The Morgan fingerprint density at radius 2 is 1.95 bits per heavy atom. The van der Waals surface area contributed by atoms with Crippen molar-refractivity contribution in [3.05, 3.63) is 29.6 Å². The Balaban J connectivity index is 2.54. The lowest BCUT2D eigenvalue weighted by atomic mass is 10.1. The lowest BCUT2D eigenvalue weighted by Gasteiger charge is -2.13. The molecule has 0 saturated carbocycles. The van der Waals surface area contributed by atoms with Gasteiger partial charge in [0.1, 0.15) is 0 Å². The summed E-state index contributed by atoms with van der Waals surface area (Å²) in [5.74, 6) is -2.15. The van der Waals surface area contributed by atoms with Gasteiger partial charge in [-0.25, -0.2) is 9.18 Å². The van der Waals surface area contributed by atoms with Gasteiger partial charge in [0.05, 0.1) is 11.7 Å². The second-order valence-electron chi connectivity index (χ2n) is 5.30. The van der Waals surface area contributed by atoms with E-state index in [4.69, 9.17) is 4.74 Å². The molecule has 0 amide bonds. The van der Waals surface area contributed by atoms with E-state index in [1.165, 1.54) is 25.5 Å². The number of unbranched alkanes of at least 4 members (excludes halogenated alkanes) is 3. The molecule has 22 heavy (non-hydrogen) atoms. The van der Waals surface area contributed by atoms with E-state index in [2.05, 4.69) is 11.7 Å². The van der Waals surface area contributed by atoms with Gasteiger partial charge in [-0.15, -0.1) is 0 Å². The minimum atomic E-state index is -0.764. The highest BCUT2D eigenvalue weighted by Gasteiger charge is 2.15. The van der Waals surface area contributed by atoms with Crippen LogP contribution in [0.25, 0.3) is 0 Å². The van der Waals surface area contributed by atoms with Crippen LogP contribution in [-0.4, -0.2) is 18.0 Å². The fraction of sp³-hybridized carbons (Fsp3) is 0.529. The number of ether oxygens (including phenoxy) is 2. The number of hydrogen-bond donors (Lipinski definition) is 0. The maximum atomic E-state index is 13.7. The van der Waals surface area contributed by atoms with Crippen LogP contribution in [0.5, 0.6) is 5.75 Å². The van der Waals surface area contributed by atoms with Gasteiger partial charge in [0.2, 0.25) is 0 Å². The number of halogens is 1. The van der Waals surface area contributed by atoms with Crippen molar-refractivity contribution >= 4 is 11.9 Å². The summed E-state index contributed by atoms with van der Waals surface area (Å²) in [4.78, 5) is 22.7. The molecule has 5 heteroatoms. The van der Waals surface area contributed by atoms with Crippen LogP contribution in [0.1, 0.15) is 63.2 Å². The van der Waals surface area contributed by atoms with Gasteiger partial charge in [0, 0.05) is 6.92 Å². The monoisotopic (exact) mass is 310 g/mol. The molecule has 0 aliphatic heterocycles. The summed E-state index contributed by atoms with van der Waals surface area (Å²) in [6.45, 7) is 5.15. The van der Waals surface area contributed by atoms with Gasteiger partial charge in [0.25, 0.3) is 0 Å². The molecule has 1 atom stereocenters. The smallest absolute Gasteiger partial charge is 0.338 e. The molecule has 0 fully saturated rings. The van der Waals surface area contributed by atoms with Crippen LogP contribution in [0.3, 0.4) is 0 Å². The number of carbonyl (C=O) groups excluding carboxylic acids is 2. The maximum Gasteiger partial charge on any atom is 0.338 e. The SMILES string of the molecule is CCCCCCC(C)OC(=O)c1ccc(OC(C)=O)c(F)c1. The zero-order chi connectivity index (χ0) is 16.5. The van der Waals surface area contributed by atoms with Crippen molar-refractivity contribution in [1.82, 2.24) is 0 Å². The number of carbonyl (C=O) groups is 2. The van der Waals surface area contributed by atoms with Crippen LogP contribution in [-0.2, 0) is 9.53 Å². The Kier molecular flexibility index (Phi) is 7.57. The van der Waals surface area contributed by atoms with Crippen LogP contribution in [0.2, 0.25) is 0 Å². The molecular weight excluding hydrogens is 287 g/mol. The molecule has 0 heterocycles. The third-order valence-electron chi connectivity index (χ3n) is 3.19. The second-order valence-corrected chi connectivity index (χ2v) is 5.30. The average molecular weight is 310 g/mol. The van der Waals surface area contributed by atoms with Gasteiger partial charge < -0.3 is 9.47 Å². The van der Waals surface area contributed by atoms with Crippen LogP contribution >= 0.6 is 0 Å². The van der Waals surface area contributed by atoms with Crippen molar-refractivity contribution in [1.29, 1.82) is 0 Å². The molecule has 0 radical (unpaired) electrons. The molecule has 0 saturated heterocycles. The van der Waals surface area contributed by atoms with E-state index in [1.807, 2.05) is 6.92 Å². The van der Waals surface area contributed by atoms with Crippen LogP contribution in [0, 0.1) is 5.82 Å². The van der Waals surface area contributed by atoms with E-state index in [0.717, 1.165) is 31.7 Å². The fourth-order valence-corrected chi connectivity index (χ4v) is 2.03. The van der Waals surface area contributed by atoms with Gasteiger partial charge in [-0.05, 0) is 38.0 Å². The molecule has 0 aliphatic rings. The highest BCUT2D eigenvalue weighted by Crippen LogP contribution is 2.20. The summed E-state index contributed by atoms with van der Waals surface area (Å²) < 4.78 is 23.7. The number of rotatable bonds is 8. The van der Waals surface area contributed by atoms with Gasteiger partial charge >= 0.3 is 11.9 Å². The first-order chi connectivity index (χ1) is 10.4. The molecule has 1 rings (SSSR count). The molecule has 0 N–H and O–H groups in total. The summed E-state index contributed by atoms with van der Waals surface area (Å²) >= 11 is 0. The molecule has 4 nitrogen and oxygen atoms in total. The number of hydrogen-bond acceptors (Lipinski definition) is 4. The largest absolute Gasteiger partial charge is 0.459 e. The molecule has 1 aromatic rings. The van der Waals surface area contributed by atoms with E-state index in [0.29, 0.717) is 0 Å². The molecule has 1 unspecified atom stereocenters. The predicted molar refractivity (Wildman–Crippen MR) is 81.3 cm³/mol. The van der Waals surface area contributed by atoms with Gasteiger partial charge in [-0.2, -0.15) is 0 Å². The molecule has 0 aromatic heterocycles. The topological polar surface area (TPSA) is 52.6 Å². The van der Waals surface area contributed by atoms with Gasteiger partial charge in [0.15, 0.2) is 11.6 Å². The lowest BCUT2D eigenvalue weighted by molar-refractivity contribution is -0.132. The van der Waals surface area contributed by atoms with Crippen molar-refractivity contribution in [2.45, 2.75) is 59.0 Å². The molecule has 0 aliphatic carbocycles. The van der Waals surface area contributed by atoms with E-state index in [9.17, 15) is 14.0 Å². The molecule has 122 valence electrons. The van der Waals surface area contributed by atoms with Crippen molar-refractivity contribution in [2.75, 3.05) is 0 Å². The normalized spacial score (nSPS) is 11.8. The fourth-order valence-electron chi connectivity index (χ4n) is 2.03. The minimum Gasteiger partial charge on any atom is -0.459 e. The molecule has 1 aromatic carbocycles. The zero-order valence-electron chi connectivity index (χ0n) is 13.4. The third-order valence-corrected chi connectivity index (χ3v) is 3.19. The first kappa shape index (κ1) is 18.1. The highest BCUT2D eigenvalue weighted by atomic mass is 19.1. The molecule has 0 spiro atoms. The minimum absolute atomic E-state index is 0.105. The Morgan fingerprint density at radius 3 is 2.55 bits per heavy atom. The van der Waals surface area contributed by atoms with Crippen LogP contribution < -0.4 is 4.74 Å². The first-order valence-electron chi connectivity index (χ1n) is 7.63. The predicted octanol–water partition coefficient (Wildman–Crippen LogP) is 4.27. The van der Waals surface area contributed by atoms with Crippen molar-refractivity contribution in [3.63, 3.8) is 0 Å². The Labute approximate surface area is 130 Å². The van der Waals surface area contributed by atoms with Crippen LogP contribution in [0.4, 0.5) is 4.39 Å². The van der Waals surface area contributed by atoms with Crippen molar-refractivity contribution in [3.8, 4) is 5.75 Å². The lowest BCUT2D eigenvalue weighted by Crippen LogP contribution is -2.15. The van der Waals surface area contributed by atoms with E-state index in [1.54, 1.807) is 0 Å². The van der Waals surface area contributed by atoms with Gasteiger partial charge in [-0.1, -0.05) is 26.2 Å². The van der Waals surface area contributed by atoms with E-state index < -0.39 is 17.8 Å². The summed E-state index contributed by atoms with van der Waals surface area (Å²) in [6.07, 6.45) is 5.03. The average Bonchev–Trinajstić information content (AvgIpc) is 2.45. The van der Waals surface area contributed by atoms with Crippen molar-refractivity contribution < 1.29 is 23.5 Å². The van der Waals surface area contributed by atoms with Crippen molar-refractivity contribution in [2.24, 2.45) is 0 Å². The summed E-state index contributed by atoms with van der Waals surface area (Å²) in [6, 6.07) is 3.65. The Morgan fingerprint density at radius 1 is 1.23 bits per heavy atom. The highest BCUT2D eigenvalue weighted by molar-refractivity contribution is 5.89. The Hall–Kier alpha value is -1.91. The first-order valence-corrected chi connectivity index (χ1v) is 7.63. The second kappa shape index (κ2) is 9.18.